The maximum atomic E-state index is 11.0. The fourth-order valence-corrected chi connectivity index (χ4v) is 2.44. The summed E-state index contributed by atoms with van der Waals surface area (Å²) >= 11 is 0. The van der Waals surface area contributed by atoms with Gasteiger partial charge in [-0.2, -0.15) is 0 Å². The third-order valence-corrected chi connectivity index (χ3v) is 3.79. The summed E-state index contributed by atoms with van der Waals surface area (Å²) in [5.41, 5.74) is 1.24. The largest absolute Gasteiger partial charge is 0.496 e. The minimum atomic E-state index is -0.901. The predicted octanol–water partition coefficient (Wildman–Crippen LogP) is 2.48. The van der Waals surface area contributed by atoms with E-state index < -0.39 is 5.97 Å². The van der Waals surface area contributed by atoms with Gasteiger partial charge < -0.3 is 14.7 Å². The van der Waals surface area contributed by atoms with Crippen LogP contribution in [0.25, 0.3) is 0 Å². The van der Waals surface area contributed by atoms with E-state index in [1.165, 1.54) is 6.42 Å². The number of nitrogens with zero attached hydrogens (tertiary/aromatic N) is 1. The number of benzene rings is 1. The second kappa shape index (κ2) is 5.61. The van der Waals surface area contributed by atoms with Crippen LogP contribution < -0.4 is 4.74 Å². The van der Waals surface area contributed by atoms with Gasteiger partial charge in [-0.05, 0) is 43.5 Å². The molecule has 4 heteroatoms. The highest BCUT2D eigenvalue weighted by atomic mass is 16.5. The second-order valence-electron chi connectivity index (χ2n) is 5.50. The summed E-state index contributed by atoms with van der Waals surface area (Å²) in [5.74, 6) is 1.47. The average Bonchev–Trinajstić information content (AvgIpc) is 3.04. The van der Waals surface area contributed by atoms with Crippen molar-refractivity contribution in [2.75, 3.05) is 20.7 Å². The minimum Gasteiger partial charge on any atom is -0.496 e. The molecule has 0 aliphatic heterocycles. The van der Waals surface area contributed by atoms with Crippen LogP contribution in [0, 0.1) is 11.8 Å². The molecule has 1 aliphatic rings. The van der Waals surface area contributed by atoms with Gasteiger partial charge in [-0.3, -0.25) is 0 Å². The summed E-state index contributed by atoms with van der Waals surface area (Å²) in [6, 6.07) is 5.01. The molecule has 2 unspecified atom stereocenters. The Kier molecular flexibility index (Phi) is 4.10. The van der Waals surface area contributed by atoms with Crippen molar-refractivity contribution in [3.8, 4) is 5.75 Å². The zero-order chi connectivity index (χ0) is 14.0. The Hall–Kier alpha value is -1.55. The first-order valence-corrected chi connectivity index (χ1v) is 6.60. The first-order valence-electron chi connectivity index (χ1n) is 6.60. The number of carboxylic acids is 1. The number of rotatable bonds is 6. The number of hydrogen-bond acceptors (Lipinski definition) is 3. The van der Waals surface area contributed by atoms with Crippen molar-refractivity contribution in [3.63, 3.8) is 0 Å². The average molecular weight is 263 g/mol. The van der Waals surface area contributed by atoms with Crippen molar-refractivity contribution < 1.29 is 14.6 Å². The van der Waals surface area contributed by atoms with Gasteiger partial charge in [0, 0.05) is 18.7 Å². The number of carboxylic acid groups (broad SMARTS) is 1. The van der Waals surface area contributed by atoms with Gasteiger partial charge in [-0.25, -0.2) is 4.79 Å². The molecule has 1 N–H and O–H groups in total. The summed E-state index contributed by atoms with van der Waals surface area (Å²) in [6.45, 7) is 4.04. The molecule has 0 aromatic heterocycles. The van der Waals surface area contributed by atoms with Crippen molar-refractivity contribution in [1.29, 1.82) is 0 Å². The standard InChI is InChI=1S/C15H21NO3/c1-10-6-12(10)8-16(2)9-13-7-11(15(17)18)4-5-14(13)19-3/h4-5,7,10,12H,6,8-9H2,1-3H3,(H,17,18). The minimum absolute atomic E-state index is 0.309. The van der Waals surface area contributed by atoms with Crippen LogP contribution in [-0.2, 0) is 6.54 Å². The lowest BCUT2D eigenvalue weighted by Crippen LogP contribution is -2.21. The topological polar surface area (TPSA) is 49.8 Å². The molecule has 1 aliphatic carbocycles. The summed E-state index contributed by atoms with van der Waals surface area (Å²) < 4.78 is 5.30. The van der Waals surface area contributed by atoms with Crippen molar-refractivity contribution >= 4 is 5.97 Å². The molecule has 0 amide bonds. The molecule has 2 atom stereocenters. The summed E-state index contributed by atoms with van der Waals surface area (Å²) in [7, 11) is 3.68. The van der Waals surface area contributed by atoms with E-state index in [-0.39, 0.29) is 0 Å². The Balaban J connectivity index is 2.08. The molecule has 0 saturated heterocycles. The highest BCUT2D eigenvalue weighted by molar-refractivity contribution is 5.88. The molecule has 1 aromatic rings. The third-order valence-electron chi connectivity index (χ3n) is 3.79. The lowest BCUT2D eigenvalue weighted by Gasteiger charge is -2.18. The highest BCUT2D eigenvalue weighted by Crippen LogP contribution is 2.38. The van der Waals surface area contributed by atoms with E-state index in [2.05, 4.69) is 18.9 Å². The summed E-state index contributed by atoms with van der Waals surface area (Å²) in [4.78, 5) is 13.2. The number of ether oxygens (including phenoxy) is 1. The maximum absolute atomic E-state index is 11.0. The fourth-order valence-electron chi connectivity index (χ4n) is 2.44. The Bertz CT molecular complexity index is 472. The van der Waals surface area contributed by atoms with Gasteiger partial charge in [0.15, 0.2) is 0 Å². The molecular formula is C15H21NO3. The fraction of sp³-hybridized carbons (Fsp3) is 0.533. The van der Waals surface area contributed by atoms with E-state index in [0.29, 0.717) is 12.1 Å². The predicted molar refractivity (Wildman–Crippen MR) is 73.6 cm³/mol. The summed E-state index contributed by atoms with van der Waals surface area (Å²) in [5, 5.41) is 9.04. The molecule has 1 saturated carbocycles. The lowest BCUT2D eigenvalue weighted by molar-refractivity contribution is 0.0696. The van der Waals surface area contributed by atoms with Crippen LogP contribution in [0.2, 0.25) is 0 Å². The van der Waals surface area contributed by atoms with Crippen molar-refractivity contribution in [1.82, 2.24) is 4.90 Å². The van der Waals surface area contributed by atoms with Gasteiger partial charge in [0.1, 0.15) is 5.75 Å². The molecule has 4 nitrogen and oxygen atoms in total. The van der Waals surface area contributed by atoms with Crippen LogP contribution >= 0.6 is 0 Å². The number of aromatic carboxylic acids is 1. The van der Waals surface area contributed by atoms with Gasteiger partial charge >= 0.3 is 5.97 Å². The van der Waals surface area contributed by atoms with E-state index in [1.54, 1.807) is 25.3 Å². The third kappa shape index (κ3) is 3.47. The highest BCUT2D eigenvalue weighted by Gasteiger charge is 2.33. The van der Waals surface area contributed by atoms with Crippen LogP contribution in [0.4, 0.5) is 0 Å². The van der Waals surface area contributed by atoms with E-state index >= 15 is 0 Å². The van der Waals surface area contributed by atoms with E-state index in [1.807, 2.05) is 0 Å². The molecule has 19 heavy (non-hydrogen) atoms. The molecule has 0 heterocycles. The normalized spacial score (nSPS) is 21.5. The number of methoxy groups -OCH3 is 1. The van der Waals surface area contributed by atoms with Gasteiger partial charge in [-0.1, -0.05) is 6.92 Å². The monoisotopic (exact) mass is 263 g/mol. The van der Waals surface area contributed by atoms with Crippen LogP contribution in [0.5, 0.6) is 5.75 Å². The molecule has 1 fully saturated rings. The molecule has 2 rings (SSSR count). The molecular weight excluding hydrogens is 242 g/mol. The van der Waals surface area contributed by atoms with Gasteiger partial charge in [0.25, 0.3) is 0 Å². The molecule has 0 spiro atoms. The van der Waals surface area contributed by atoms with Gasteiger partial charge in [0.2, 0.25) is 0 Å². The molecule has 1 aromatic carbocycles. The SMILES string of the molecule is COc1ccc(C(=O)O)cc1CN(C)CC1CC1C. The number of carbonyl (C=O) groups is 1. The first-order chi connectivity index (χ1) is 9.01. The molecule has 0 radical (unpaired) electrons. The Morgan fingerprint density at radius 1 is 1.53 bits per heavy atom. The van der Waals surface area contributed by atoms with Crippen LogP contribution in [0.15, 0.2) is 18.2 Å². The Labute approximate surface area is 114 Å². The molecule has 104 valence electrons. The number of hydrogen-bond donors (Lipinski definition) is 1. The van der Waals surface area contributed by atoms with E-state index in [9.17, 15) is 4.79 Å². The van der Waals surface area contributed by atoms with Gasteiger partial charge in [0.05, 0.1) is 12.7 Å². The van der Waals surface area contributed by atoms with Gasteiger partial charge in [-0.15, -0.1) is 0 Å². The smallest absolute Gasteiger partial charge is 0.335 e. The van der Waals surface area contributed by atoms with E-state index in [0.717, 1.165) is 29.7 Å². The Morgan fingerprint density at radius 2 is 2.21 bits per heavy atom. The van der Waals surface area contributed by atoms with Crippen molar-refractivity contribution in [3.05, 3.63) is 29.3 Å². The summed E-state index contributed by atoms with van der Waals surface area (Å²) in [6.07, 6.45) is 1.30. The maximum Gasteiger partial charge on any atom is 0.335 e. The Morgan fingerprint density at radius 3 is 2.74 bits per heavy atom. The molecule has 0 bridgehead atoms. The van der Waals surface area contributed by atoms with E-state index in [4.69, 9.17) is 9.84 Å². The van der Waals surface area contributed by atoms with Crippen LogP contribution in [-0.4, -0.2) is 36.7 Å². The second-order valence-corrected chi connectivity index (χ2v) is 5.50. The van der Waals surface area contributed by atoms with Crippen LogP contribution in [0.1, 0.15) is 29.3 Å². The van der Waals surface area contributed by atoms with Crippen LogP contribution in [0.3, 0.4) is 0 Å². The zero-order valence-electron chi connectivity index (χ0n) is 11.7. The zero-order valence-corrected chi connectivity index (χ0v) is 11.7. The van der Waals surface area contributed by atoms with Crippen molar-refractivity contribution in [2.24, 2.45) is 11.8 Å². The van der Waals surface area contributed by atoms with Crippen molar-refractivity contribution in [2.45, 2.75) is 19.9 Å². The lowest BCUT2D eigenvalue weighted by atomic mass is 10.1. The quantitative estimate of drug-likeness (QED) is 0.856. The first kappa shape index (κ1) is 13.9.